The summed E-state index contributed by atoms with van der Waals surface area (Å²) in [6.45, 7) is 0. The molecule has 6 aromatic carbocycles. The van der Waals surface area contributed by atoms with Gasteiger partial charge in [0.05, 0.1) is 16.3 Å². The Balaban J connectivity index is 1.40. The minimum absolute atomic E-state index is 0.553. The van der Waals surface area contributed by atoms with Gasteiger partial charge in [0.25, 0.3) is 0 Å². The fourth-order valence-corrected chi connectivity index (χ4v) is 6.27. The van der Waals surface area contributed by atoms with Crippen LogP contribution in [-0.4, -0.2) is 4.57 Å². The van der Waals surface area contributed by atoms with E-state index in [0.717, 1.165) is 49.6 Å². The summed E-state index contributed by atoms with van der Waals surface area (Å²) in [6.07, 6.45) is 0. The molecule has 0 radical (unpaired) electrons. The first-order chi connectivity index (χ1) is 20.3. The number of benzene rings is 6. The Morgan fingerprint density at radius 1 is 0.439 bits per heavy atom. The van der Waals surface area contributed by atoms with E-state index in [4.69, 9.17) is 8.83 Å². The Morgan fingerprint density at radius 3 is 1.85 bits per heavy atom. The maximum absolute atomic E-state index is 6.61. The van der Waals surface area contributed by atoms with E-state index in [9.17, 15) is 0 Å². The molecule has 41 heavy (non-hydrogen) atoms. The van der Waals surface area contributed by atoms with Crippen LogP contribution >= 0.6 is 0 Å². The van der Waals surface area contributed by atoms with Crippen molar-refractivity contribution >= 4 is 54.9 Å². The third kappa shape index (κ3) is 3.33. The summed E-state index contributed by atoms with van der Waals surface area (Å²) >= 11 is 0. The van der Waals surface area contributed by atoms with Gasteiger partial charge in [-0.25, -0.2) is 0 Å². The lowest BCUT2D eigenvalue weighted by Gasteiger charge is -2.08. The lowest BCUT2D eigenvalue weighted by Crippen LogP contribution is -1.93. The van der Waals surface area contributed by atoms with E-state index in [0.29, 0.717) is 5.78 Å². The largest absolute Gasteiger partial charge is 0.425 e. The Hall–Kier alpha value is -5.54. The molecule has 0 fully saturated rings. The van der Waals surface area contributed by atoms with Gasteiger partial charge in [-0.15, -0.1) is 0 Å². The zero-order valence-electron chi connectivity index (χ0n) is 22.0. The number of hydrogen-bond acceptors (Lipinski definition) is 2. The lowest BCUT2D eigenvalue weighted by molar-refractivity contribution is 0.516. The van der Waals surface area contributed by atoms with Crippen LogP contribution in [0.2, 0.25) is 0 Å². The standard InChI is InChI=1S/C38H23NO2/c1-3-9-24(10-4-1)28-16-19-33-31(22-28)35-36-32-23-29(25-11-5-2-6-12-25)17-20-34(32)40-38(36)41-37(35)39(33)30-18-15-26-13-7-8-14-27(26)21-30/h1-23H. The Kier molecular flexibility index (Phi) is 4.61. The van der Waals surface area contributed by atoms with Gasteiger partial charge in [0, 0.05) is 16.5 Å². The average Bonchev–Trinajstić information content (AvgIpc) is 3.67. The number of nitrogens with zero attached hydrogens (tertiary/aromatic N) is 1. The highest BCUT2D eigenvalue weighted by Gasteiger charge is 2.24. The summed E-state index contributed by atoms with van der Waals surface area (Å²) in [4.78, 5) is 0. The Bertz CT molecular complexity index is 2410. The van der Waals surface area contributed by atoms with Gasteiger partial charge in [0.1, 0.15) is 5.58 Å². The molecular formula is C38H23NO2. The molecule has 0 aliphatic carbocycles. The van der Waals surface area contributed by atoms with Crippen LogP contribution in [0, 0.1) is 0 Å². The molecular weight excluding hydrogens is 502 g/mol. The Labute approximate surface area is 235 Å². The smallest absolute Gasteiger partial charge is 0.300 e. The first-order valence-corrected chi connectivity index (χ1v) is 13.9. The zero-order chi connectivity index (χ0) is 26.9. The van der Waals surface area contributed by atoms with Crippen LogP contribution in [0.1, 0.15) is 0 Å². The summed E-state index contributed by atoms with van der Waals surface area (Å²) < 4.78 is 15.2. The second-order valence-electron chi connectivity index (χ2n) is 10.6. The first-order valence-electron chi connectivity index (χ1n) is 13.9. The quantitative estimate of drug-likeness (QED) is 0.230. The molecule has 3 aromatic heterocycles. The van der Waals surface area contributed by atoms with Crippen molar-refractivity contribution in [1.29, 1.82) is 0 Å². The van der Waals surface area contributed by atoms with Crippen molar-refractivity contribution in [3.05, 3.63) is 140 Å². The van der Waals surface area contributed by atoms with Gasteiger partial charge < -0.3 is 8.83 Å². The van der Waals surface area contributed by atoms with Crippen LogP contribution in [-0.2, 0) is 0 Å². The molecule has 0 N–H and O–H groups in total. The van der Waals surface area contributed by atoms with Crippen molar-refractivity contribution in [1.82, 2.24) is 4.57 Å². The third-order valence-electron chi connectivity index (χ3n) is 8.22. The van der Waals surface area contributed by atoms with Crippen molar-refractivity contribution in [2.75, 3.05) is 0 Å². The first kappa shape index (κ1) is 22.3. The second-order valence-corrected chi connectivity index (χ2v) is 10.6. The maximum Gasteiger partial charge on any atom is 0.300 e. The van der Waals surface area contributed by atoms with E-state index in [2.05, 4.69) is 138 Å². The molecule has 3 heteroatoms. The van der Waals surface area contributed by atoms with Crippen LogP contribution in [0.4, 0.5) is 0 Å². The number of fused-ring (bicyclic) bond motifs is 8. The molecule has 0 unspecified atom stereocenters. The normalized spacial score (nSPS) is 11.9. The SMILES string of the molecule is c1ccc(-c2ccc3oc4oc5c(c6cc(-c7ccccc7)ccc6n5-c5ccc6ccccc6c5)c4c3c2)cc1. The molecule has 9 aromatic rings. The number of rotatable bonds is 3. The van der Waals surface area contributed by atoms with E-state index in [-0.39, 0.29) is 0 Å². The molecule has 0 aliphatic heterocycles. The van der Waals surface area contributed by atoms with Crippen LogP contribution in [0.25, 0.3) is 82.9 Å². The monoisotopic (exact) mass is 525 g/mol. The maximum atomic E-state index is 6.61. The van der Waals surface area contributed by atoms with Crippen molar-refractivity contribution < 1.29 is 8.83 Å². The molecule has 0 aliphatic rings. The fraction of sp³-hybridized carbons (Fsp3) is 0. The van der Waals surface area contributed by atoms with Crippen molar-refractivity contribution in [3.8, 4) is 27.9 Å². The third-order valence-corrected chi connectivity index (χ3v) is 8.22. The molecule has 3 heterocycles. The van der Waals surface area contributed by atoms with Crippen molar-refractivity contribution in [2.24, 2.45) is 0 Å². The second kappa shape index (κ2) is 8.48. The zero-order valence-corrected chi connectivity index (χ0v) is 22.0. The summed E-state index contributed by atoms with van der Waals surface area (Å²) in [6, 6.07) is 49.1. The molecule has 0 bridgehead atoms. The van der Waals surface area contributed by atoms with Gasteiger partial charge in [-0.05, 0) is 69.4 Å². The molecule has 0 saturated carbocycles. The van der Waals surface area contributed by atoms with Gasteiger partial charge in [-0.2, -0.15) is 0 Å². The average molecular weight is 526 g/mol. The van der Waals surface area contributed by atoms with Crippen LogP contribution < -0.4 is 0 Å². The van der Waals surface area contributed by atoms with Gasteiger partial charge in [0.2, 0.25) is 5.71 Å². The molecule has 192 valence electrons. The van der Waals surface area contributed by atoms with E-state index >= 15 is 0 Å². The predicted molar refractivity (Wildman–Crippen MR) is 169 cm³/mol. The highest BCUT2D eigenvalue weighted by atomic mass is 16.5. The number of furan rings is 2. The van der Waals surface area contributed by atoms with E-state index in [1.165, 1.54) is 27.5 Å². The fourth-order valence-electron chi connectivity index (χ4n) is 6.27. The van der Waals surface area contributed by atoms with Crippen LogP contribution in [0.3, 0.4) is 0 Å². The lowest BCUT2D eigenvalue weighted by atomic mass is 10.0. The molecule has 0 spiro atoms. The summed E-state index contributed by atoms with van der Waals surface area (Å²) in [5.41, 5.74) is 8.46. The van der Waals surface area contributed by atoms with E-state index in [1.807, 2.05) is 6.07 Å². The highest BCUT2D eigenvalue weighted by molar-refractivity contribution is 6.27. The van der Waals surface area contributed by atoms with Crippen LogP contribution in [0.5, 0.6) is 0 Å². The minimum Gasteiger partial charge on any atom is -0.425 e. The van der Waals surface area contributed by atoms with E-state index < -0.39 is 0 Å². The van der Waals surface area contributed by atoms with Crippen molar-refractivity contribution in [3.63, 3.8) is 0 Å². The van der Waals surface area contributed by atoms with E-state index in [1.54, 1.807) is 0 Å². The Morgan fingerprint density at radius 2 is 1.10 bits per heavy atom. The summed E-state index contributed by atoms with van der Waals surface area (Å²) in [5, 5.41) is 6.69. The molecule has 0 atom stereocenters. The molecule has 3 nitrogen and oxygen atoms in total. The van der Waals surface area contributed by atoms with Gasteiger partial charge in [0.15, 0.2) is 0 Å². The topological polar surface area (TPSA) is 31.2 Å². The van der Waals surface area contributed by atoms with Gasteiger partial charge in [-0.1, -0.05) is 103 Å². The van der Waals surface area contributed by atoms with Gasteiger partial charge in [-0.3, -0.25) is 4.57 Å². The van der Waals surface area contributed by atoms with Gasteiger partial charge >= 0.3 is 5.78 Å². The van der Waals surface area contributed by atoms with Crippen molar-refractivity contribution in [2.45, 2.75) is 0 Å². The summed E-state index contributed by atoms with van der Waals surface area (Å²) in [5.74, 6) is 0.553. The number of aromatic nitrogens is 1. The molecule has 0 amide bonds. The highest BCUT2D eigenvalue weighted by Crippen LogP contribution is 2.45. The predicted octanol–water partition coefficient (Wildman–Crippen LogP) is 10.8. The van der Waals surface area contributed by atoms with Crippen LogP contribution in [0.15, 0.2) is 148 Å². The minimum atomic E-state index is 0.553. The molecule has 9 rings (SSSR count). The molecule has 0 saturated heterocycles. The summed E-state index contributed by atoms with van der Waals surface area (Å²) in [7, 11) is 0. The number of hydrogen-bond donors (Lipinski definition) is 0.